The Kier molecular flexibility index (Phi) is 7.38. The number of rotatable bonds is 10. The van der Waals surface area contributed by atoms with Crippen molar-refractivity contribution in [1.29, 1.82) is 0 Å². The molecule has 9 nitrogen and oxygen atoms in total. The molecule has 3 amide bonds. The van der Waals surface area contributed by atoms with Crippen LogP contribution in [0, 0.1) is 11.8 Å². The van der Waals surface area contributed by atoms with E-state index < -0.39 is 29.5 Å². The predicted molar refractivity (Wildman–Crippen MR) is 133 cm³/mol. The Balaban J connectivity index is 1.62. The molecule has 3 fully saturated rings. The zero-order chi connectivity index (χ0) is 25.3. The molecule has 1 aromatic rings. The molecule has 0 radical (unpaired) electrons. The highest BCUT2D eigenvalue weighted by Crippen LogP contribution is 2.58. The zero-order valence-electron chi connectivity index (χ0n) is 21.1. The van der Waals surface area contributed by atoms with Crippen molar-refractivity contribution < 1.29 is 24.2 Å². The summed E-state index contributed by atoms with van der Waals surface area (Å²) in [5.74, 6) is -2.19. The molecule has 6 atom stereocenters. The molecule has 0 saturated carbocycles. The number of amides is 3. The molecule has 35 heavy (non-hydrogen) atoms. The first kappa shape index (κ1) is 25.4. The maximum atomic E-state index is 13.7. The summed E-state index contributed by atoms with van der Waals surface area (Å²) < 4.78 is 6.37. The first-order chi connectivity index (χ1) is 16.8. The zero-order valence-corrected chi connectivity index (χ0v) is 21.1. The van der Waals surface area contributed by atoms with Gasteiger partial charge in [0.25, 0.3) is 0 Å². The standard InChI is InChI=1S/C26H38N4O5/c1-5-14-27-23(32)20-19-12-13-26(35-19)21(20)25(34)30(16(4)15-31)22(26)24(33)28-17-8-10-18(11-9-17)29(6-2)7-3/h8-11,16,19-22,31H,5-7,12-15H2,1-4H3,(H,27,32)(H,28,33)/t16-,19-,20+,21+,22?,26?/m1/s1. The van der Waals surface area contributed by atoms with Gasteiger partial charge in [-0.2, -0.15) is 0 Å². The van der Waals surface area contributed by atoms with Crippen LogP contribution < -0.4 is 15.5 Å². The molecule has 2 unspecified atom stereocenters. The van der Waals surface area contributed by atoms with Gasteiger partial charge in [0.1, 0.15) is 11.6 Å². The number of hydrogen-bond acceptors (Lipinski definition) is 6. The third kappa shape index (κ3) is 4.18. The highest BCUT2D eigenvalue weighted by atomic mass is 16.5. The molecule has 2 bridgehead atoms. The second-order valence-corrected chi connectivity index (χ2v) is 9.83. The number of anilines is 2. The minimum absolute atomic E-state index is 0.193. The molecule has 3 N–H and O–H groups in total. The van der Waals surface area contributed by atoms with Gasteiger partial charge in [0.2, 0.25) is 17.7 Å². The number of carbonyl (C=O) groups excluding carboxylic acids is 3. The minimum atomic E-state index is -1.06. The van der Waals surface area contributed by atoms with Crippen molar-refractivity contribution in [3.63, 3.8) is 0 Å². The number of likely N-dealkylation sites (tertiary alicyclic amines) is 1. The lowest BCUT2D eigenvalue weighted by Gasteiger charge is -2.35. The summed E-state index contributed by atoms with van der Waals surface area (Å²) in [5, 5.41) is 15.8. The smallest absolute Gasteiger partial charge is 0.250 e. The number of fused-ring (bicyclic) bond motifs is 1. The quantitative estimate of drug-likeness (QED) is 0.465. The van der Waals surface area contributed by atoms with Gasteiger partial charge in [-0.15, -0.1) is 0 Å². The molecule has 3 heterocycles. The molecule has 192 valence electrons. The third-order valence-corrected chi connectivity index (χ3v) is 7.84. The number of nitrogens with zero attached hydrogens (tertiary/aromatic N) is 2. The number of hydrogen-bond donors (Lipinski definition) is 3. The summed E-state index contributed by atoms with van der Waals surface area (Å²) in [6, 6.07) is 6.13. The van der Waals surface area contributed by atoms with Crippen LogP contribution in [0.4, 0.5) is 11.4 Å². The van der Waals surface area contributed by atoms with Crippen molar-refractivity contribution >= 4 is 29.1 Å². The van der Waals surface area contributed by atoms with Crippen molar-refractivity contribution in [3.8, 4) is 0 Å². The third-order valence-electron chi connectivity index (χ3n) is 7.84. The number of carbonyl (C=O) groups is 3. The Hall–Kier alpha value is -2.65. The first-order valence-electron chi connectivity index (χ1n) is 12.9. The van der Waals surface area contributed by atoms with Gasteiger partial charge in [-0.1, -0.05) is 6.92 Å². The molecule has 3 aliphatic heterocycles. The lowest BCUT2D eigenvalue weighted by molar-refractivity contribution is -0.143. The van der Waals surface area contributed by atoms with Crippen LogP contribution >= 0.6 is 0 Å². The average Bonchev–Trinajstić information content (AvgIpc) is 3.51. The van der Waals surface area contributed by atoms with Crippen LogP contribution in [0.25, 0.3) is 0 Å². The Bertz CT molecular complexity index is 950. The molecule has 1 aromatic carbocycles. The van der Waals surface area contributed by atoms with Crippen LogP contribution in [0.1, 0.15) is 47.0 Å². The van der Waals surface area contributed by atoms with E-state index in [1.165, 1.54) is 4.90 Å². The van der Waals surface area contributed by atoms with Crippen LogP contribution in [0.2, 0.25) is 0 Å². The second kappa shape index (κ2) is 10.1. The summed E-state index contributed by atoms with van der Waals surface area (Å²) >= 11 is 0. The van der Waals surface area contributed by atoms with Gasteiger partial charge in [0.15, 0.2) is 0 Å². The van der Waals surface area contributed by atoms with Crippen LogP contribution in [0.5, 0.6) is 0 Å². The molecule has 3 saturated heterocycles. The summed E-state index contributed by atoms with van der Waals surface area (Å²) in [5.41, 5.74) is 0.626. The van der Waals surface area contributed by atoms with Gasteiger partial charge in [0.05, 0.1) is 30.6 Å². The summed E-state index contributed by atoms with van der Waals surface area (Å²) in [7, 11) is 0. The van der Waals surface area contributed by atoms with E-state index >= 15 is 0 Å². The van der Waals surface area contributed by atoms with Gasteiger partial charge in [-0.05, 0) is 64.3 Å². The van der Waals surface area contributed by atoms with E-state index in [0.717, 1.165) is 25.2 Å². The van der Waals surface area contributed by atoms with E-state index in [4.69, 9.17) is 4.74 Å². The van der Waals surface area contributed by atoms with Crippen molar-refractivity contribution in [2.45, 2.75) is 70.7 Å². The molecular weight excluding hydrogens is 448 g/mol. The van der Waals surface area contributed by atoms with Crippen LogP contribution in [-0.2, 0) is 19.1 Å². The van der Waals surface area contributed by atoms with E-state index in [1.54, 1.807) is 6.92 Å². The molecule has 3 aliphatic rings. The van der Waals surface area contributed by atoms with Crippen molar-refractivity contribution in [2.75, 3.05) is 36.5 Å². The highest BCUT2D eigenvalue weighted by molar-refractivity contribution is 6.03. The fourth-order valence-electron chi connectivity index (χ4n) is 6.17. The second-order valence-electron chi connectivity index (χ2n) is 9.83. The Morgan fingerprint density at radius 3 is 2.49 bits per heavy atom. The van der Waals surface area contributed by atoms with Crippen LogP contribution in [-0.4, -0.2) is 77.8 Å². The fraction of sp³-hybridized carbons (Fsp3) is 0.654. The lowest BCUT2D eigenvalue weighted by atomic mass is 9.70. The fourth-order valence-corrected chi connectivity index (χ4v) is 6.17. The Labute approximate surface area is 207 Å². The van der Waals surface area contributed by atoms with E-state index in [1.807, 2.05) is 31.2 Å². The summed E-state index contributed by atoms with van der Waals surface area (Å²) in [4.78, 5) is 44.1. The van der Waals surface area contributed by atoms with E-state index in [2.05, 4.69) is 29.4 Å². The molecular formula is C26H38N4O5. The maximum Gasteiger partial charge on any atom is 0.250 e. The summed E-state index contributed by atoms with van der Waals surface area (Å²) in [6.45, 7) is 9.88. The van der Waals surface area contributed by atoms with E-state index in [-0.39, 0.29) is 30.4 Å². The van der Waals surface area contributed by atoms with Gasteiger partial charge in [0, 0.05) is 31.0 Å². The molecule has 1 spiro atoms. The van der Waals surface area contributed by atoms with Gasteiger partial charge >= 0.3 is 0 Å². The monoisotopic (exact) mass is 486 g/mol. The number of aliphatic hydroxyl groups is 1. The van der Waals surface area contributed by atoms with Crippen LogP contribution in [0.15, 0.2) is 24.3 Å². The maximum absolute atomic E-state index is 13.7. The van der Waals surface area contributed by atoms with Gasteiger partial charge in [-0.3, -0.25) is 14.4 Å². The topological polar surface area (TPSA) is 111 Å². The largest absolute Gasteiger partial charge is 0.394 e. The predicted octanol–water partition coefficient (Wildman–Crippen LogP) is 1.75. The van der Waals surface area contributed by atoms with Crippen molar-refractivity contribution in [3.05, 3.63) is 24.3 Å². The molecule has 4 rings (SSSR count). The lowest BCUT2D eigenvalue weighted by Crippen LogP contribution is -2.55. The highest BCUT2D eigenvalue weighted by Gasteiger charge is 2.74. The molecule has 9 heteroatoms. The number of ether oxygens (including phenoxy) is 1. The number of benzene rings is 1. The number of nitrogens with one attached hydrogen (secondary N) is 2. The first-order valence-corrected chi connectivity index (χ1v) is 12.9. The van der Waals surface area contributed by atoms with Crippen molar-refractivity contribution in [2.24, 2.45) is 11.8 Å². The Morgan fingerprint density at radius 1 is 1.20 bits per heavy atom. The summed E-state index contributed by atoms with van der Waals surface area (Å²) in [6.07, 6.45) is 1.56. The normalized spacial score (nSPS) is 29.7. The Morgan fingerprint density at radius 2 is 1.89 bits per heavy atom. The van der Waals surface area contributed by atoms with E-state index in [0.29, 0.717) is 25.1 Å². The number of aliphatic hydroxyl groups excluding tert-OH is 1. The van der Waals surface area contributed by atoms with Gasteiger partial charge in [-0.25, -0.2) is 0 Å². The molecule has 0 aromatic heterocycles. The van der Waals surface area contributed by atoms with Crippen molar-refractivity contribution in [1.82, 2.24) is 10.2 Å². The molecule has 0 aliphatic carbocycles. The van der Waals surface area contributed by atoms with Gasteiger partial charge < -0.3 is 30.3 Å². The average molecular weight is 487 g/mol. The minimum Gasteiger partial charge on any atom is -0.394 e. The SMILES string of the molecule is CCCNC(=O)[C@@H]1[C@H]2C(=O)N([C@H](C)CO)C(C(=O)Nc3ccc(N(CC)CC)cc3)C23CC[C@H]1O3. The van der Waals surface area contributed by atoms with E-state index in [9.17, 15) is 19.5 Å². The van der Waals surface area contributed by atoms with Crippen LogP contribution in [0.3, 0.4) is 0 Å².